The first-order valence-electron chi connectivity index (χ1n) is 9.05. The average molecular weight is 504 g/mol. The van der Waals surface area contributed by atoms with Gasteiger partial charge < -0.3 is 14.1 Å². The molecule has 0 spiro atoms. The number of halogens is 1. The van der Waals surface area contributed by atoms with Crippen molar-refractivity contribution in [3.05, 3.63) is 70.8 Å². The number of ether oxygens (including phenoxy) is 1. The molecule has 1 aromatic carbocycles. The molecule has 7 nitrogen and oxygen atoms in total. The Balaban J connectivity index is 0.00000117. The van der Waals surface area contributed by atoms with E-state index >= 15 is 0 Å². The van der Waals surface area contributed by atoms with Gasteiger partial charge in [-0.3, -0.25) is 9.78 Å². The summed E-state index contributed by atoms with van der Waals surface area (Å²) in [7, 11) is 0. The quantitative estimate of drug-likeness (QED) is 0.239. The zero-order valence-corrected chi connectivity index (χ0v) is 18.3. The number of aromatic amines is 1. The Bertz CT molecular complexity index is 1130. The number of rotatable bonds is 6. The van der Waals surface area contributed by atoms with Crippen molar-refractivity contribution in [2.45, 2.75) is 19.8 Å². The second-order valence-corrected chi connectivity index (χ2v) is 6.15. The van der Waals surface area contributed by atoms with Crippen molar-refractivity contribution >= 4 is 33.5 Å². The number of benzene rings is 1. The van der Waals surface area contributed by atoms with E-state index in [1.54, 1.807) is 31.5 Å². The second kappa shape index (κ2) is 10.1. The summed E-state index contributed by atoms with van der Waals surface area (Å²) >= 11 is 2.15. The van der Waals surface area contributed by atoms with Crippen LogP contribution in [0.2, 0.25) is 0 Å². The minimum Gasteiger partial charge on any atom is -0.494 e. The van der Waals surface area contributed by atoms with Crippen LogP contribution in [0.5, 0.6) is 5.75 Å². The van der Waals surface area contributed by atoms with Crippen LogP contribution < -0.4 is 10.3 Å². The molecule has 4 aromatic rings. The molecule has 3 heterocycles. The normalized spacial score (nSPS) is 10.4. The number of aromatic nitrogens is 4. The minimum absolute atomic E-state index is 0.238. The van der Waals surface area contributed by atoms with Gasteiger partial charge in [-0.05, 0) is 53.7 Å². The SMILES string of the molecule is CI.Cc1nc(-c2nc3ccc(OCCCc4ccncc4)cc3c(=O)[nH]2)co1. The summed E-state index contributed by atoms with van der Waals surface area (Å²) in [6.07, 6.45) is 6.83. The molecule has 0 fully saturated rings. The molecule has 0 saturated carbocycles. The van der Waals surface area contributed by atoms with E-state index in [0.717, 1.165) is 12.8 Å². The molecule has 0 aliphatic rings. The van der Waals surface area contributed by atoms with Gasteiger partial charge in [0, 0.05) is 19.3 Å². The Morgan fingerprint density at radius 2 is 1.93 bits per heavy atom. The van der Waals surface area contributed by atoms with Crippen molar-refractivity contribution in [2.75, 3.05) is 11.5 Å². The Morgan fingerprint density at radius 3 is 2.66 bits per heavy atom. The van der Waals surface area contributed by atoms with Gasteiger partial charge in [-0.25, -0.2) is 9.97 Å². The molecule has 0 bridgehead atoms. The summed E-state index contributed by atoms with van der Waals surface area (Å²) in [4.78, 5) is 29.8. The molecule has 1 N–H and O–H groups in total. The van der Waals surface area contributed by atoms with Gasteiger partial charge in [0.15, 0.2) is 11.7 Å². The van der Waals surface area contributed by atoms with Crippen molar-refractivity contribution in [1.82, 2.24) is 19.9 Å². The highest BCUT2D eigenvalue weighted by Crippen LogP contribution is 2.20. The molecular formula is C21H21IN4O3. The van der Waals surface area contributed by atoms with Gasteiger partial charge in [0.2, 0.25) is 0 Å². The fourth-order valence-electron chi connectivity index (χ4n) is 2.82. The Kier molecular flexibility index (Phi) is 7.34. The monoisotopic (exact) mass is 504 g/mol. The Labute approximate surface area is 181 Å². The van der Waals surface area contributed by atoms with Crippen molar-refractivity contribution in [2.24, 2.45) is 0 Å². The standard InChI is InChI=1S/C20H18N4O3.CH3I/c1-13-22-18(12-27-13)19-23-17-5-4-15(11-16(17)20(25)24-19)26-10-2-3-14-6-8-21-9-7-14;1-2/h4-9,11-12H,2-3,10H2,1H3,(H,23,24,25);1H3. The lowest BCUT2D eigenvalue weighted by atomic mass is 10.1. The van der Waals surface area contributed by atoms with Gasteiger partial charge in [-0.2, -0.15) is 0 Å². The zero-order chi connectivity index (χ0) is 20.6. The van der Waals surface area contributed by atoms with Crippen molar-refractivity contribution < 1.29 is 9.15 Å². The third-order valence-electron chi connectivity index (χ3n) is 4.17. The summed E-state index contributed by atoms with van der Waals surface area (Å²) in [6, 6.07) is 9.30. The van der Waals surface area contributed by atoms with E-state index in [4.69, 9.17) is 9.15 Å². The van der Waals surface area contributed by atoms with Crippen LogP contribution in [-0.2, 0) is 6.42 Å². The number of alkyl halides is 1. The van der Waals surface area contributed by atoms with Gasteiger partial charge >= 0.3 is 0 Å². The van der Waals surface area contributed by atoms with Crippen molar-refractivity contribution in [3.63, 3.8) is 0 Å². The van der Waals surface area contributed by atoms with E-state index in [0.29, 0.717) is 40.7 Å². The number of hydrogen-bond acceptors (Lipinski definition) is 6. The maximum absolute atomic E-state index is 12.4. The van der Waals surface area contributed by atoms with Crippen molar-refractivity contribution in [3.8, 4) is 17.3 Å². The van der Waals surface area contributed by atoms with E-state index in [1.807, 2.05) is 23.1 Å². The summed E-state index contributed by atoms with van der Waals surface area (Å²) in [5.41, 5.74) is 2.07. The minimum atomic E-state index is -0.238. The molecule has 0 saturated heterocycles. The molecule has 0 radical (unpaired) electrons. The van der Waals surface area contributed by atoms with Gasteiger partial charge in [0.05, 0.1) is 17.5 Å². The summed E-state index contributed by atoms with van der Waals surface area (Å²) < 4.78 is 11.0. The fraction of sp³-hybridized carbons (Fsp3) is 0.238. The first kappa shape index (κ1) is 21.0. The van der Waals surface area contributed by atoms with Gasteiger partial charge in [-0.15, -0.1) is 0 Å². The smallest absolute Gasteiger partial charge is 0.259 e. The Hall–Kier alpha value is -2.75. The van der Waals surface area contributed by atoms with E-state index in [1.165, 1.54) is 11.8 Å². The van der Waals surface area contributed by atoms with Crippen LogP contribution in [0.4, 0.5) is 0 Å². The molecule has 0 unspecified atom stereocenters. The van der Waals surface area contributed by atoms with Crippen molar-refractivity contribution in [1.29, 1.82) is 0 Å². The molecule has 4 rings (SSSR count). The third-order valence-corrected chi connectivity index (χ3v) is 4.17. The summed E-state index contributed by atoms with van der Waals surface area (Å²) in [6.45, 7) is 2.30. The molecule has 0 atom stereocenters. The van der Waals surface area contributed by atoms with Crippen LogP contribution >= 0.6 is 22.6 Å². The lowest BCUT2D eigenvalue weighted by Crippen LogP contribution is -2.10. The first-order valence-corrected chi connectivity index (χ1v) is 11.2. The highest BCUT2D eigenvalue weighted by molar-refractivity contribution is 14.1. The zero-order valence-electron chi connectivity index (χ0n) is 16.2. The highest BCUT2D eigenvalue weighted by Gasteiger charge is 2.10. The maximum Gasteiger partial charge on any atom is 0.259 e. The van der Waals surface area contributed by atoms with Crippen LogP contribution in [0.1, 0.15) is 17.9 Å². The van der Waals surface area contributed by atoms with Crippen LogP contribution in [0, 0.1) is 6.92 Å². The molecular weight excluding hydrogens is 483 g/mol. The fourth-order valence-corrected chi connectivity index (χ4v) is 2.82. The number of H-pyrrole nitrogens is 1. The number of nitrogens with zero attached hydrogens (tertiary/aromatic N) is 3. The summed E-state index contributed by atoms with van der Waals surface area (Å²) in [5.74, 6) is 1.55. The molecule has 8 heteroatoms. The predicted molar refractivity (Wildman–Crippen MR) is 121 cm³/mol. The van der Waals surface area contributed by atoms with E-state index in [2.05, 4.69) is 42.5 Å². The topological polar surface area (TPSA) is 93.9 Å². The number of aryl methyl sites for hydroxylation is 2. The largest absolute Gasteiger partial charge is 0.494 e. The lowest BCUT2D eigenvalue weighted by molar-refractivity contribution is 0.311. The number of pyridine rings is 1. The predicted octanol–water partition coefficient (Wildman–Crippen LogP) is 4.34. The molecule has 29 heavy (non-hydrogen) atoms. The maximum atomic E-state index is 12.4. The third kappa shape index (κ3) is 5.41. The van der Waals surface area contributed by atoms with Crippen LogP contribution in [0.15, 0.2) is 58.2 Å². The molecule has 0 aliphatic heterocycles. The Morgan fingerprint density at radius 1 is 1.14 bits per heavy atom. The van der Waals surface area contributed by atoms with Gasteiger partial charge in [0.25, 0.3) is 5.56 Å². The molecule has 3 aromatic heterocycles. The highest BCUT2D eigenvalue weighted by atomic mass is 127. The second-order valence-electron chi connectivity index (χ2n) is 6.15. The lowest BCUT2D eigenvalue weighted by Gasteiger charge is -2.07. The number of nitrogens with one attached hydrogen (secondary N) is 1. The molecule has 0 aliphatic carbocycles. The summed E-state index contributed by atoms with van der Waals surface area (Å²) in [5, 5.41) is 0.477. The van der Waals surface area contributed by atoms with Crippen LogP contribution in [-0.4, -0.2) is 31.5 Å². The molecule has 150 valence electrons. The molecule has 0 amide bonds. The average Bonchev–Trinajstić information content (AvgIpc) is 3.20. The van der Waals surface area contributed by atoms with Gasteiger partial charge in [-0.1, -0.05) is 22.6 Å². The van der Waals surface area contributed by atoms with Crippen LogP contribution in [0.3, 0.4) is 0 Å². The van der Waals surface area contributed by atoms with Crippen LogP contribution in [0.25, 0.3) is 22.4 Å². The first-order chi connectivity index (χ1) is 14.2. The van der Waals surface area contributed by atoms with Gasteiger partial charge in [0.1, 0.15) is 17.7 Å². The number of hydrogen-bond donors (Lipinski definition) is 1. The number of oxazole rings is 1. The number of fused-ring (bicyclic) bond motifs is 1. The van der Waals surface area contributed by atoms with E-state index < -0.39 is 0 Å². The van der Waals surface area contributed by atoms with E-state index in [9.17, 15) is 4.79 Å². The van der Waals surface area contributed by atoms with E-state index in [-0.39, 0.29) is 5.56 Å².